The minimum atomic E-state index is -4.22. The Morgan fingerprint density at radius 2 is 1.61 bits per heavy atom. The van der Waals surface area contributed by atoms with E-state index in [1.54, 1.807) is 12.4 Å². The topological polar surface area (TPSA) is 33.2 Å². The lowest BCUT2D eigenvalue weighted by atomic mass is 9.49. The van der Waals surface area contributed by atoms with Crippen LogP contribution in [0.4, 0.5) is 13.2 Å². The van der Waals surface area contributed by atoms with Gasteiger partial charge in [-0.05, 0) is 105 Å². The van der Waals surface area contributed by atoms with Gasteiger partial charge in [0.1, 0.15) is 0 Å². The molecule has 1 aromatic heterocycles. The largest absolute Gasteiger partial charge is 0.390 e. The van der Waals surface area contributed by atoms with Crippen molar-refractivity contribution in [1.82, 2.24) is 9.88 Å². The van der Waals surface area contributed by atoms with E-state index in [1.807, 2.05) is 12.1 Å². The lowest BCUT2D eigenvalue weighted by Gasteiger charge is -2.57. The third-order valence-electron chi connectivity index (χ3n) is 7.95. The molecule has 31 heavy (non-hydrogen) atoms. The van der Waals surface area contributed by atoms with Crippen molar-refractivity contribution in [2.24, 2.45) is 23.2 Å². The van der Waals surface area contributed by atoms with Gasteiger partial charge in [-0.15, -0.1) is 0 Å². The molecule has 4 aliphatic rings. The van der Waals surface area contributed by atoms with Crippen LogP contribution in [0.2, 0.25) is 0 Å². The Hall–Kier alpha value is -1.59. The number of nitrogens with zero attached hydrogens (tertiary/aromatic N) is 2. The quantitative estimate of drug-likeness (QED) is 0.410. The van der Waals surface area contributed by atoms with Gasteiger partial charge in [-0.2, -0.15) is 13.2 Å². The van der Waals surface area contributed by atoms with E-state index in [0.717, 1.165) is 37.0 Å². The smallest absolute Gasteiger partial charge is 0.342 e. The van der Waals surface area contributed by atoms with Gasteiger partial charge in [0.15, 0.2) is 0 Å². The number of aryl methyl sites for hydroxylation is 1. The first-order chi connectivity index (χ1) is 14.8. The Morgan fingerprint density at radius 1 is 1.00 bits per heavy atom. The van der Waals surface area contributed by atoms with Crippen LogP contribution in [0.5, 0.6) is 0 Å². The van der Waals surface area contributed by atoms with E-state index in [9.17, 15) is 18.0 Å². The SMILES string of the molecule is O=C(CCCCc1ccncc1)N(CCC(F)(F)F)CCC12CC3CC(CC(C3)C1)C2. The third kappa shape index (κ3) is 6.23. The number of pyridine rings is 1. The number of carbonyl (C=O) groups is 1. The Morgan fingerprint density at radius 3 is 2.19 bits per heavy atom. The number of carbonyl (C=O) groups excluding carboxylic acids is 1. The van der Waals surface area contributed by atoms with Gasteiger partial charge in [0, 0.05) is 31.9 Å². The monoisotopic (exact) mass is 436 g/mol. The predicted octanol–water partition coefficient (Wildman–Crippen LogP) is 6.18. The zero-order chi connectivity index (χ0) is 21.9. The van der Waals surface area contributed by atoms with Crippen molar-refractivity contribution in [1.29, 1.82) is 0 Å². The van der Waals surface area contributed by atoms with Crippen LogP contribution >= 0.6 is 0 Å². The molecule has 4 bridgehead atoms. The van der Waals surface area contributed by atoms with E-state index in [2.05, 4.69) is 4.98 Å². The maximum Gasteiger partial charge on any atom is 0.390 e. The van der Waals surface area contributed by atoms with Gasteiger partial charge >= 0.3 is 6.18 Å². The average Bonchev–Trinajstić information content (AvgIpc) is 2.70. The summed E-state index contributed by atoms with van der Waals surface area (Å²) >= 11 is 0. The lowest BCUT2D eigenvalue weighted by molar-refractivity contribution is -0.146. The molecule has 0 aliphatic heterocycles. The van der Waals surface area contributed by atoms with Gasteiger partial charge in [0.05, 0.1) is 6.42 Å². The molecule has 1 amide bonds. The van der Waals surface area contributed by atoms with Crippen LogP contribution in [0.25, 0.3) is 0 Å². The Bertz CT molecular complexity index is 699. The molecule has 0 aromatic carbocycles. The second kappa shape index (κ2) is 9.50. The van der Waals surface area contributed by atoms with Gasteiger partial charge in [-0.1, -0.05) is 0 Å². The van der Waals surface area contributed by atoms with E-state index in [1.165, 1.54) is 49.0 Å². The maximum absolute atomic E-state index is 12.9. The first kappa shape index (κ1) is 22.6. The number of alkyl halides is 3. The van der Waals surface area contributed by atoms with Crippen LogP contribution in [0.15, 0.2) is 24.5 Å². The normalized spacial score (nSPS) is 29.3. The number of amides is 1. The summed E-state index contributed by atoms with van der Waals surface area (Å²) in [7, 11) is 0. The summed E-state index contributed by atoms with van der Waals surface area (Å²) in [6, 6.07) is 3.92. The molecule has 0 N–H and O–H groups in total. The number of hydrogen-bond acceptors (Lipinski definition) is 2. The molecule has 6 heteroatoms. The number of aromatic nitrogens is 1. The summed E-state index contributed by atoms with van der Waals surface area (Å²) in [4.78, 5) is 18.4. The van der Waals surface area contributed by atoms with Crippen LogP contribution in [-0.4, -0.2) is 35.1 Å². The van der Waals surface area contributed by atoms with Crippen LogP contribution in [0, 0.1) is 23.2 Å². The van der Waals surface area contributed by atoms with Gasteiger partial charge in [-0.3, -0.25) is 9.78 Å². The number of hydrogen-bond donors (Lipinski definition) is 0. The molecule has 4 saturated carbocycles. The fourth-order valence-corrected chi connectivity index (χ4v) is 6.90. The molecule has 1 heterocycles. The van der Waals surface area contributed by atoms with Crippen molar-refractivity contribution in [3.8, 4) is 0 Å². The van der Waals surface area contributed by atoms with Crippen molar-refractivity contribution in [3.05, 3.63) is 30.1 Å². The number of rotatable bonds is 10. The third-order valence-corrected chi connectivity index (χ3v) is 7.95. The molecule has 4 fully saturated rings. The highest BCUT2D eigenvalue weighted by molar-refractivity contribution is 5.76. The number of halogens is 3. The van der Waals surface area contributed by atoms with E-state index in [-0.39, 0.29) is 17.9 Å². The summed E-state index contributed by atoms with van der Waals surface area (Å²) in [6.07, 6.45) is 9.79. The van der Waals surface area contributed by atoms with Gasteiger partial charge in [0.2, 0.25) is 5.91 Å². The second-order valence-corrected chi connectivity index (χ2v) is 10.5. The first-order valence-corrected chi connectivity index (χ1v) is 12.0. The van der Waals surface area contributed by atoms with Crippen molar-refractivity contribution in [2.75, 3.05) is 13.1 Å². The van der Waals surface area contributed by atoms with Crippen molar-refractivity contribution in [2.45, 2.75) is 83.2 Å². The highest BCUT2D eigenvalue weighted by Gasteiger charge is 2.50. The van der Waals surface area contributed by atoms with E-state index in [4.69, 9.17) is 0 Å². The van der Waals surface area contributed by atoms with Crippen LogP contribution < -0.4 is 0 Å². The average molecular weight is 437 g/mol. The summed E-state index contributed by atoms with van der Waals surface area (Å²) in [5.74, 6) is 2.35. The summed E-state index contributed by atoms with van der Waals surface area (Å²) < 4.78 is 38.7. The molecule has 1 aromatic rings. The molecule has 0 radical (unpaired) electrons. The molecule has 0 spiro atoms. The molecule has 0 saturated heterocycles. The van der Waals surface area contributed by atoms with Crippen molar-refractivity contribution < 1.29 is 18.0 Å². The highest BCUT2D eigenvalue weighted by atomic mass is 19.4. The van der Waals surface area contributed by atoms with E-state index in [0.29, 0.717) is 19.4 Å². The predicted molar refractivity (Wildman–Crippen MR) is 114 cm³/mol. The Kier molecular flexibility index (Phi) is 6.92. The summed E-state index contributed by atoms with van der Waals surface area (Å²) in [5.41, 5.74) is 1.46. The zero-order valence-electron chi connectivity index (χ0n) is 18.4. The molecule has 4 aliphatic carbocycles. The molecule has 0 atom stereocenters. The molecule has 0 unspecified atom stereocenters. The molecular formula is C25H35F3N2O. The number of unbranched alkanes of at least 4 members (excludes halogenated alkanes) is 1. The molecule has 172 valence electrons. The maximum atomic E-state index is 12.9. The van der Waals surface area contributed by atoms with Crippen molar-refractivity contribution in [3.63, 3.8) is 0 Å². The zero-order valence-corrected chi connectivity index (χ0v) is 18.4. The summed E-state index contributed by atoms with van der Waals surface area (Å²) in [5, 5.41) is 0. The second-order valence-electron chi connectivity index (χ2n) is 10.5. The first-order valence-electron chi connectivity index (χ1n) is 12.0. The molecule has 5 rings (SSSR count). The van der Waals surface area contributed by atoms with E-state index >= 15 is 0 Å². The molecular weight excluding hydrogens is 401 g/mol. The fourth-order valence-electron chi connectivity index (χ4n) is 6.90. The Balaban J connectivity index is 1.29. The van der Waals surface area contributed by atoms with Crippen LogP contribution in [-0.2, 0) is 11.2 Å². The minimum Gasteiger partial charge on any atom is -0.342 e. The molecule has 3 nitrogen and oxygen atoms in total. The van der Waals surface area contributed by atoms with Crippen LogP contribution in [0.3, 0.4) is 0 Å². The van der Waals surface area contributed by atoms with Crippen LogP contribution in [0.1, 0.15) is 76.2 Å². The summed E-state index contributed by atoms with van der Waals surface area (Å²) in [6.45, 7) is 0.296. The standard InChI is InChI=1S/C25H35F3N2O/c26-25(27,28)8-12-30(23(31)4-2-1-3-19-5-9-29-10-6-19)11-7-24-16-20-13-21(17-24)15-22(14-20)18-24/h5-6,9-10,20-22H,1-4,7-8,11-18H2. The minimum absolute atomic E-state index is 0.108. The fraction of sp³-hybridized carbons (Fsp3) is 0.760. The van der Waals surface area contributed by atoms with Gasteiger partial charge in [-0.25, -0.2) is 0 Å². The Labute approximate surface area is 183 Å². The van der Waals surface area contributed by atoms with E-state index < -0.39 is 12.6 Å². The van der Waals surface area contributed by atoms with Gasteiger partial charge in [0.25, 0.3) is 0 Å². The lowest BCUT2D eigenvalue weighted by Crippen LogP contribution is -2.47. The van der Waals surface area contributed by atoms with Gasteiger partial charge < -0.3 is 4.90 Å². The highest BCUT2D eigenvalue weighted by Crippen LogP contribution is 2.61. The van der Waals surface area contributed by atoms with Crippen molar-refractivity contribution >= 4 is 5.91 Å².